The summed E-state index contributed by atoms with van der Waals surface area (Å²) in [7, 11) is -3.53. The first-order valence-corrected chi connectivity index (χ1v) is 11.9. The van der Waals surface area contributed by atoms with Crippen molar-refractivity contribution in [2.75, 3.05) is 18.5 Å². The Morgan fingerprint density at radius 1 is 1.14 bits per heavy atom. The number of nitrogens with zero attached hydrogens (tertiary/aromatic N) is 1. The Labute approximate surface area is 180 Å². The number of sulfonamides is 1. The van der Waals surface area contributed by atoms with Crippen LogP contribution in [0.15, 0.2) is 57.9 Å². The second-order valence-corrected chi connectivity index (χ2v) is 9.79. The zero-order valence-electron chi connectivity index (χ0n) is 16.3. The molecule has 1 saturated heterocycles. The highest BCUT2D eigenvalue weighted by Gasteiger charge is 2.32. The van der Waals surface area contributed by atoms with Gasteiger partial charge in [0.1, 0.15) is 5.75 Å². The number of carbonyl (C=O) groups excluding carboxylic acids is 1. The summed E-state index contributed by atoms with van der Waals surface area (Å²) in [6, 6.07) is 13.6. The van der Waals surface area contributed by atoms with Crippen molar-refractivity contribution in [3.05, 3.63) is 53.0 Å². The average Bonchev–Trinajstić information content (AvgIpc) is 2.73. The van der Waals surface area contributed by atoms with Crippen LogP contribution < -0.4 is 10.1 Å². The van der Waals surface area contributed by atoms with Crippen LogP contribution in [-0.4, -0.2) is 37.8 Å². The minimum atomic E-state index is -3.53. The van der Waals surface area contributed by atoms with Crippen molar-refractivity contribution >= 4 is 37.5 Å². The lowest BCUT2D eigenvalue weighted by Crippen LogP contribution is -2.43. The van der Waals surface area contributed by atoms with Crippen LogP contribution in [0.1, 0.15) is 32.6 Å². The number of hydrogen-bond donors (Lipinski definition) is 1. The maximum absolute atomic E-state index is 13.0. The van der Waals surface area contributed by atoms with Crippen LogP contribution in [0.2, 0.25) is 0 Å². The summed E-state index contributed by atoms with van der Waals surface area (Å²) < 4.78 is 34.0. The third kappa shape index (κ3) is 5.58. The van der Waals surface area contributed by atoms with Gasteiger partial charge in [-0.25, -0.2) is 8.42 Å². The Bertz CT molecular complexity index is 930. The van der Waals surface area contributed by atoms with E-state index in [0.717, 1.165) is 30.2 Å². The van der Waals surface area contributed by atoms with Gasteiger partial charge in [0.25, 0.3) is 5.91 Å². The van der Waals surface area contributed by atoms with E-state index < -0.39 is 10.0 Å². The molecule has 2 aromatic rings. The first-order chi connectivity index (χ1) is 13.9. The quantitative estimate of drug-likeness (QED) is 0.636. The van der Waals surface area contributed by atoms with Crippen LogP contribution in [-0.2, 0) is 14.8 Å². The van der Waals surface area contributed by atoms with Crippen molar-refractivity contribution in [3.63, 3.8) is 0 Å². The van der Waals surface area contributed by atoms with Gasteiger partial charge in [-0.1, -0.05) is 29.3 Å². The molecule has 6 nitrogen and oxygen atoms in total. The molecule has 0 radical (unpaired) electrons. The Kier molecular flexibility index (Phi) is 7.32. The van der Waals surface area contributed by atoms with Crippen LogP contribution in [0.4, 0.5) is 5.69 Å². The van der Waals surface area contributed by atoms with Crippen molar-refractivity contribution < 1.29 is 17.9 Å². The molecule has 2 aromatic carbocycles. The predicted octanol–water partition coefficient (Wildman–Crippen LogP) is 4.42. The fourth-order valence-corrected chi connectivity index (χ4v) is 5.45. The molecule has 1 atom stereocenters. The highest BCUT2D eigenvalue weighted by atomic mass is 79.9. The van der Waals surface area contributed by atoms with E-state index in [9.17, 15) is 13.2 Å². The standard InChI is InChI=1S/C21H25BrN2O4S/c1-2-18-5-3-4-14-24(18)29(26,27)20-12-8-17(9-13-20)23-21(25)15-28-19-10-6-16(22)7-11-19/h6-13,18H,2-5,14-15H2,1H3,(H,23,25)/t18-/m0/s1. The molecule has 1 amide bonds. The molecular formula is C21H25BrN2O4S. The third-order valence-electron chi connectivity index (χ3n) is 4.97. The van der Waals surface area contributed by atoms with Gasteiger partial charge >= 0.3 is 0 Å². The number of carbonyl (C=O) groups is 1. The molecule has 0 spiro atoms. The van der Waals surface area contributed by atoms with Crippen LogP contribution in [0, 0.1) is 0 Å². The van der Waals surface area contributed by atoms with Gasteiger partial charge in [0.15, 0.2) is 6.61 Å². The molecular weight excluding hydrogens is 456 g/mol. The fourth-order valence-electron chi connectivity index (χ4n) is 3.42. The summed E-state index contributed by atoms with van der Waals surface area (Å²) >= 11 is 3.34. The summed E-state index contributed by atoms with van der Waals surface area (Å²) in [6.45, 7) is 2.45. The molecule has 0 aliphatic carbocycles. The summed E-state index contributed by atoms with van der Waals surface area (Å²) in [4.78, 5) is 12.3. The zero-order valence-corrected chi connectivity index (χ0v) is 18.7. The SMILES string of the molecule is CC[C@H]1CCCCN1S(=O)(=O)c1ccc(NC(=O)COc2ccc(Br)cc2)cc1. The number of rotatable bonds is 7. The lowest BCUT2D eigenvalue weighted by atomic mass is 10.0. The van der Waals surface area contributed by atoms with Gasteiger partial charge in [-0.2, -0.15) is 4.31 Å². The van der Waals surface area contributed by atoms with Crippen LogP contribution in [0.3, 0.4) is 0 Å². The van der Waals surface area contributed by atoms with E-state index in [0.29, 0.717) is 18.0 Å². The molecule has 1 aliphatic heterocycles. The molecule has 1 aliphatic rings. The fraction of sp³-hybridized carbons (Fsp3) is 0.381. The van der Waals surface area contributed by atoms with E-state index in [-0.39, 0.29) is 23.5 Å². The number of anilines is 1. The first-order valence-electron chi connectivity index (χ1n) is 9.70. The number of halogens is 1. The molecule has 156 valence electrons. The van der Waals surface area contributed by atoms with E-state index in [1.165, 1.54) is 0 Å². The molecule has 1 fully saturated rings. The number of ether oxygens (including phenoxy) is 1. The van der Waals surface area contributed by atoms with Crippen LogP contribution >= 0.6 is 15.9 Å². The van der Waals surface area contributed by atoms with E-state index in [1.54, 1.807) is 40.7 Å². The third-order valence-corrected chi connectivity index (χ3v) is 7.47. The highest BCUT2D eigenvalue weighted by molar-refractivity contribution is 9.10. The number of hydrogen-bond acceptors (Lipinski definition) is 4. The van der Waals surface area contributed by atoms with E-state index in [2.05, 4.69) is 21.2 Å². The van der Waals surface area contributed by atoms with Gasteiger partial charge in [-0.3, -0.25) is 4.79 Å². The Morgan fingerprint density at radius 3 is 2.48 bits per heavy atom. The molecule has 0 bridgehead atoms. The van der Waals surface area contributed by atoms with Crippen molar-refractivity contribution in [2.45, 2.75) is 43.5 Å². The molecule has 0 saturated carbocycles. The molecule has 1 N–H and O–H groups in total. The number of benzene rings is 2. The topological polar surface area (TPSA) is 75.7 Å². The van der Waals surface area contributed by atoms with Crippen molar-refractivity contribution in [3.8, 4) is 5.75 Å². The summed E-state index contributed by atoms with van der Waals surface area (Å²) in [6.07, 6.45) is 3.67. The molecule has 0 aromatic heterocycles. The molecule has 29 heavy (non-hydrogen) atoms. The van der Waals surface area contributed by atoms with E-state index >= 15 is 0 Å². The smallest absolute Gasteiger partial charge is 0.262 e. The van der Waals surface area contributed by atoms with E-state index in [1.807, 2.05) is 19.1 Å². The highest BCUT2D eigenvalue weighted by Crippen LogP contribution is 2.27. The molecule has 8 heteroatoms. The van der Waals surface area contributed by atoms with Gasteiger partial charge in [0, 0.05) is 22.7 Å². The Morgan fingerprint density at radius 2 is 1.83 bits per heavy atom. The van der Waals surface area contributed by atoms with Crippen LogP contribution in [0.25, 0.3) is 0 Å². The molecule has 3 rings (SSSR count). The molecule has 0 unspecified atom stereocenters. The normalized spacial score (nSPS) is 17.7. The predicted molar refractivity (Wildman–Crippen MR) is 117 cm³/mol. The lowest BCUT2D eigenvalue weighted by molar-refractivity contribution is -0.118. The average molecular weight is 481 g/mol. The monoisotopic (exact) mass is 480 g/mol. The summed E-state index contributed by atoms with van der Waals surface area (Å²) in [5.74, 6) is 0.280. The van der Waals surface area contributed by atoms with Gasteiger partial charge in [-0.15, -0.1) is 0 Å². The maximum Gasteiger partial charge on any atom is 0.262 e. The number of amides is 1. The zero-order chi connectivity index (χ0) is 20.9. The van der Waals surface area contributed by atoms with Gasteiger partial charge in [0.2, 0.25) is 10.0 Å². The first kappa shape index (κ1) is 21.8. The Hall–Kier alpha value is -1.90. The minimum absolute atomic E-state index is 0.0592. The number of nitrogens with one attached hydrogen (secondary N) is 1. The second kappa shape index (κ2) is 9.73. The van der Waals surface area contributed by atoms with Crippen molar-refractivity contribution in [1.29, 1.82) is 0 Å². The minimum Gasteiger partial charge on any atom is -0.484 e. The van der Waals surface area contributed by atoms with Gasteiger partial charge < -0.3 is 10.1 Å². The Balaban J connectivity index is 1.60. The largest absolute Gasteiger partial charge is 0.484 e. The summed E-state index contributed by atoms with van der Waals surface area (Å²) in [5.41, 5.74) is 0.527. The van der Waals surface area contributed by atoms with Crippen molar-refractivity contribution in [1.82, 2.24) is 4.31 Å². The maximum atomic E-state index is 13.0. The van der Waals surface area contributed by atoms with Crippen molar-refractivity contribution in [2.24, 2.45) is 0 Å². The summed E-state index contributed by atoms with van der Waals surface area (Å²) in [5, 5.41) is 2.72. The number of piperidine rings is 1. The second-order valence-electron chi connectivity index (χ2n) is 6.99. The van der Waals surface area contributed by atoms with E-state index in [4.69, 9.17) is 4.74 Å². The van der Waals surface area contributed by atoms with Gasteiger partial charge in [-0.05, 0) is 67.8 Å². The lowest BCUT2D eigenvalue weighted by Gasteiger charge is -2.34. The van der Waals surface area contributed by atoms with Crippen LogP contribution in [0.5, 0.6) is 5.75 Å². The molecule has 1 heterocycles. The van der Waals surface area contributed by atoms with Gasteiger partial charge in [0.05, 0.1) is 4.90 Å².